The number of anilines is 3. The Labute approximate surface area is 197 Å². The Morgan fingerprint density at radius 3 is 2.44 bits per heavy atom. The Hall–Kier alpha value is -3.06. The number of nitrogens with zero attached hydrogens (tertiary/aromatic N) is 3. The van der Waals surface area contributed by atoms with Crippen molar-refractivity contribution in [2.45, 2.75) is 37.1 Å². The van der Waals surface area contributed by atoms with Crippen molar-refractivity contribution in [2.24, 2.45) is 0 Å². The van der Waals surface area contributed by atoms with E-state index in [1.54, 1.807) is 18.3 Å². The molecule has 2 N–H and O–H groups in total. The molecule has 0 spiro atoms. The van der Waals surface area contributed by atoms with Crippen LogP contribution in [0.25, 0.3) is 10.4 Å². The molecule has 0 atom stereocenters. The van der Waals surface area contributed by atoms with E-state index in [-0.39, 0.29) is 11.9 Å². The van der Waals surface area contributed by atoms with E-state index in [9.17, 15) is 26.4 Å². The number of sulfone groups is 1. The Morgan fingerprint density at radius 1 is 1.15 bits per heavy atom. The van der Waals surface area contributed by atoms with Gasteiger partial charge in [0.05, 0.1) is 4.88 Å². The summed E-state index contributed by atoms with van der Waals surface area (Å²) in [6.07, 6.45) is 0.943. The van der Waals surface area contributed by atoms with E-state index in [0.717, 1.165) is 18.7 Å². The smallest absolute Gasteiger partial charge is 0.326 e. The molecule has 0 saturated heterocycles. The van der Waals surface area contributed by atoms with Crippen molar-refractivity contribution in [3.8, 4) is 10.4 Å². The lowest BCUT2D eigenvalue weighted by Gasteiger charge is -2.37. The summed E-state index contributed by atoms with van der Waals surface area (Å²) in [4.78, 5) is 24.0. The van der Waals surface area contributed by atoms with E-state index < -0.39 is 26.5 Å². The summed E-state index contributed by atoms with van der Waals surface area (Å²) in [5, 5.41) is 5.88. The number of hydrogen-bond acceptors (Lipinski definition) is 8. The SMILES string of the molecule is CC(=O)Nc1cc(Nc2nccc(C(F)(F)F)n2)cc(-c2cnc(C3(S(C)(=O)=O)CCC3)s2)c1. The molecule has 4 rings (SSSR count). The molecule has 34 heavy (non-hydrogen) atoms. The van der Waals surface area contributed by atoms with Gasteiger partial charge in [-0.25, -0.2) is 23.4 Å². The molecule has 8 nitrogen and oxygen atoms in total. The van der Waals surface area contributed by atoms with Gasteiger partial charge in [-0.1, -0.05) is 0 Å². The van der Waals surface area contributed by atoms with Crippen LogP contribution in [-0.2, 0) is 25.6 Å². The van der Waals surface area contributed by atoms with Crippen LogP contribution in [0.15, 0.2) is 36.7 Å². The first kappa shape index (κ1) is 24.1. The lowest BCUT2D eigenvalue weighted by Crippen LogP contribution is -2.41. The molecule has 0 radical (unpaired) electrons. The molecule has 1 saturated carbocycles. The van der Waals surface area contributed by atoms with E-state index >= 15 is 0 Å². The molecule has 1 aliphatic carbocycles. The van der Waals surface area contributed by atoms with Gasteiger partial charge in [-0.3, -0.25) is 4.79 Å². The second-order valence-corrected chi connectivity index (χ2v) is 11.4. The number of amides is 1. The number of aromatic nitrogens is 3. The highest BCUT2D eigenvalue weighted by Gasteiger charge is 2.50. The van der Waals surface area contributed by atoms with Gasteiger partial charge < -0.3 is 10.6 Å². The van der Waals surface area contributed by atoms with E-state index in [2.05, 4.69) is 25.6 Å². The summed E-state index contributed by atoms with van der Waals surface area (Å²) in [5.41, 5.74) is 0.210. The highest BCUT2D eigenvalue weighted by molar-refractivity contribution is 7.91. The largest absolute Gasteiger partial charge is 0.433 e. The van der Waals surface area contributed by atoms with E-state index in [1.165, 1.54) is 30.6 Å². The Balaban J connectivity index is 1.71. The van der Waals surface area contributed by atoms with Crippen molar-refractivity contribution in [2.75, 3.05) is 16.9 Å². The van der Waals surface area contributed by atoms with E-state index in [4.69, 9.17) is 0 Å². The summed E-state index contributed by atoms with van der Waals surface area (Å²) in [5.74, 6) is -0.606. The standard InChI is InChI=1S/C21H20F3N5O3S2/c1-12(30)27-14-8-13(16-11-26-18(33-16)20(5-3-6-20)34(2,31)32)9-15(10-14)28-19-25-7-4-17(29-19)21(22,23)24/h4,7-11H,3,5-6H2,1-2H3,(H,27,30)(H,25,28,29). The van der Waals surface area contributed by atoms with Crippen LogP contribution in [0.4, 0.5) is 30.5 Å². The van der Waals surface area contributed by atoms with Gasteiger partial charge in [0.1, 0.15) is 15.4 Å². The molecule has 1 fully saturated rings. The number of nitrogens with one attached hydrogen (secondary N) is 2. The van der Waals surface area contributed by atoms with Crippen LogP contribution < -0.4 is 10.6 Å². The molecule has 0 aliphatic heterocycles. The number of alkyl halides is 3. The number of benzene rings is 1. The maximum atomic E-state index is 13.0. The first-order valence-electron chi connectivity index (χ1n) is 10.1. The molecule has 0 unspecified atom stereocenters. The van der Waals surface area contributed by atoms with Crippen molar-refractivity contribution in [1.29, 1.82) is 0 Å². The van der Waals surface area contributed by atoms with Crippen molar-refractivity contribution >= 4 is 44.4 Å². The van der Waals surface area contributed by atoms with Crippen LogP contribution in [0.2, 0.25) is 0 Å². The molecule has 13 heteroatoms. The Morgan fingerprint density at radius 2 is 1.85 bits per heavy atom. The second-order valence-electron chi connectivity index (χ2n) is 8.02. The quantitative estimate of drug-likeness (QED) is 0.491. The fourth-order valence-electron chi connectivity index (χ4n) is 3.68. The third kappa shape index (κ3) is 4.75. The van der Waals surface area contributed by atoms with E-state index in [1.807, 2.05) is 0 Å². The third-order valence-corrected chi connectivity index (χ3v) is 8.91. The van der Waals surface area contributed by atoms with Crippen molar-refractivity contribution in [1.82, 2.24) is 15.0 Å². The summed E-state index contributed by atoms with van der Waals surface area (Å²) in [6, 6.07) is 5.60. The first-order chi connectivity index (χ1) is 15.9. The number of carbonyl (C=O) groups excluding carboxylic acids is 1. The topological polar surface area (TPSA) is 114 Å². The fraction of sp³-hybridized carbons (Fsp3) is 0.333. The zero-order chi connectivity index (χ0) is 24.7. The molecular weight excluding hydrogens is 491 g/mol. The van der Waals surface area contributed by atoms with Gasteiger partial charge in [0.2, 0.25) is 11.9 Å². The van der Waals surface area contributed by atoms with Gasteiger partial charge in [-0.05, 0) is 49.1 Å². The van der Waals surface area contributed by atoms with Crippen LogP contribution in [0.1, 0.15) is 36.9 Å². The average Bonchev–Trinajstić information content (AvgIpc) is 3.15. The van der Waals surface area contributed by atoms with Crippen molar-refractivity contribution in [3.63, 3.8) is 0 Å². The van der Waals surface area contributed by atoms with Gasteiger partial charge in [0.25, 0.3) is 0 Å². The zero-order valence-electron chi connectivity index (χ0n) is 18.1. The van der Waals surface area contributed by atoms with Crippen molar-refractivity contribution in [3.05, 3.63) is 47.4 Å². The summed E-state index contributed by atoms with van der Waals surface area (Å²) in [6.45, 7) is 1.33. The third-order valence-electron chi connectivity index (χ3n) is 5.51. The fourth-order valence-corrected chi connectivity index (χ4v) is 6.71. The van der Waals surface area contributed by atoms with Gasteiger partial charge in [-0.15, -0.1) is 11.3 Å². The van der Waals surface area contributed by atoms with Crippen LogP contribution in [0.3, 0.4) is 0 Å². The van der Waals surface area contributed by atoms with Crippen LogP contribution in [-0.4, -0.2) is 35.5 Å². The molecule has 1 amide bonds. The zero-order valence-corrected chi connectivity index (χ0v) is 19.7. The molecular formula is C21H20F3N5O3S2. The van der Waals surface area contributed by atoms with Crippen LogP contribution >= 0.6 is 11.3 Å². The number of halogens is 3. The summed E-state index contributed by atoms with van der Waals surface area (Å²) < 4.78 is 62.9. The number of rotatable bonds is 6. The average molecular weight is 512 g/mol. The number of hydrogen-bond donors (Lipinski definition) is 2. The molecule has 2 aromatic heterocycles. The lowest BCUT2D eigenvalue weighted by molar-refractivity contribution is -0.141. The van der Waals surface area contributed by atoms with Crippen molar-refractivity contribution < 1.29 is 26.4 Å². The molecule has 1 aliphatic rings. The highest BCUT2D eigenvalue weighted by atomic mass is 32.2. The van der Waals surface area contributed by atoms with Gasteiger partial charge in [0.15, 0.2) is 9.84 Å². The summed E-state index contributed by atoms with van der Waals surface area (Å²) >= 11 is 1.23. The molecule has 180 valence electrons. The summed E-state index contributed by atoms with van der Waals surface area (Å²) in [7, 11) is -3.37. The van der Waals surface area contributed by atoms with Gasteiger partial charge in [0, 0.05) is 36.9 Å². The predicted molar refractivity (Wildman–Crippen MR) is 123 cm³/mol. The minimum Gasteiger partial charge on any atom is -0.326 e. The molecule has 2 heterocycles. The lowest BCUT2D eigenvalue weighted by atomic mass is 9.85. The number of thiazole rings is 1. The van der Waals surface area contributed by atoms with Gasteiger partial charge >= 0.3 is 6.18 Å². The Bertz CT molecular complexity index is 1350. The second kappa shape index (κ2) is 8.62. The molecule has 3 aromatic rings. The highest BCUT2D eigenvalue weighted by Crippen LogP contribution is 2.50. The van der Waals surface area contributed by atoms with E-state index in [0.29, 0.717) is 39.7 Å². The Kier molecular flexibility index (Phi) is 6.10. The van der Waals surface area contributed by atoms with Crippen LogP contribution in [0.5, 0.6) is 0 Å². The van der Waals surface area contributed by atoms with Gasteiger partial charge in [-0.2, -0.15) is 13.2 Å². The minimum absolute atomic E-state index is 0.267. The number of carbonyl (C=O) groups is 1. The molecule has 0 bridgehead atoms. The maximum absolute atomic E-state index is 13.0. The van der Waals surface area contributed by atoms with Crippen LogP contribution in [0, 0.1) is 0 Å². The predicted octanol–water partition coefficient (Wildman–Crippen LogP) is 4.74. The normalized spacial score (nSPS) is 15.4. The minimum atomic E-state index is -4.63. The maximum Gasteiger partial charge on any atom is 0.433 e. The molecule has 1 aromatic carbocycles. The first-order valence-corrected chi connectivity index (χ1v) is 12.8. The monoisotopic (exact) mass is 511 g/mol.